The first kappa shape index (κ1) is 24.2. The Hall–Kier alpha value is -1.50. The fourth-order valence-electron chi connectivity index (χ4n) is 6.65. The Bertz CT molecular complexity index is 878. The first-order valence-electron chi connectivity index (χ1n) is 13.5. The van der Waals surface area contributed by atoms with E-state index in [2.05, 4.69) is 17.4 Å². The smallest absolute Gasteiger partial charge is 0.291 e. The van der Waals surface area contributed by atoms with Gasteiger partial charge in [0.05, 0.1) is 5.41 Å². The number of ether oxygens (including phenoxy) is 1. The molecule has 0 atom stereocenters. The normalized spacial score (nSPS) is 30.3. The second kappa shape index (κ2) is 9.87. The van der Waals surface area contributed by atoms with Gasteiger partial charge in [-0.3, -0.25) is 9.59 Å². The lowest BCUT2D eigenvalue weighted by atomic mass is 9.54. The summed E-state index contributed by atoms with van der Waals surface area (Å²) in [6, 6.07) is 0.256. The average molecular weight is 489 g/mol. The van der Waals surface area contributed by atoms with Gasteiger partial charge in [-0.25, -0.2) is 0 Å². The Labute approximate surface area is 207 Å². The lowest BCUT2D eigenvalue weighted by Crippen LogP contribution is -2.55. The summed E-state index contributed by atoms with van der Waals surface area (Å²) in [5.41, 5.74) is -0.602. The maximum Gasteiger partial charge on any atom is 0.291 e. The maximum absolute atomic E-state index is 13.4. The number of carbonyl (C=O) groups excluding carboxylic acids is 2. The number of aromatic nitrogens is 1. The van der Waals surface area contributed by atoms with E-state index in [9.17, 15) is 9.59 Å². The topological polar surface area (TPSA) is 81.4 Å². The van der Waals surface area contributed by atoms with E-state index in [1.807, 2.05) is 13.8 Å². The van der Waals surface area contributed by atoms with Crippen molar-refractivity contribution in [2.24, 2.45) is 29.1 Å². The number of nitrogens with zero attached hydrogens (tertiary/aromatic N) is 1. The minimum atomic E-state index is -0.602. The zero-order chi connectivity index (χ0) is 23.9. The monoisotopic (exact) mass is 488 g/mol. The zero-order valence-electron chi connectivity index (χ0n) is 20.9. The predicted octanol–water partition coefficient (Wildman–Crippen LogP) is 6.04. The Balaban J connectivity index is 1.28. The predicted molar refractivity (Wildman–Crippen MR) is 132 cm³/mol. The summed E-state index contributed by atoms with van der Waals surface area (Å²) in [4.78, 5) is 26.8. The third-order valence-electron chi connectivity index (χ3n) is 8.77. The summed E-state index contributed by atoms with van der Waals surface area (Å²) in [6.07, 6.45) is 12.4. The Morgan fingerprint density at radius 2 is 1.79 bits per heavy atom. The molecule has 0 saturated heterocycles. The van der Waals surface area contributed by atoms with Gasteiger partial charge in [0.2, 0.25) is 5.76 Å². The van der Waals surface area contributed by atoms with Crippen LogP contribution in [0.25, 0.3) is 0 Å². The van der Waals surface area contributed by atoms with E-state index in [0.29, 0.717) is 34.3 Å². The quantitative estimate of drug-likeness (QED) is 0.409. The summed E-state index contributed by atoms with van der Waals surface area (Å²) in [5, 5.41) is 7.99. The molecule has 0 spiro atoms. The number of rotatable bonds is 11. The van der Waals surface area contributed by atoms with E-state index in [1.54, 1.807) is 11.8 Å². The van der Waals surface area contributed by atoms with Gasteiger partial charge < -0.3 is 14.6 Å². The van der Waals surface area contributed by atoms with Gasteiger partial charge in [-0.2, -0.15) is 0 Å². The highest BCUT2D eigenvalue weighted by Gasteiger charge is 2.49. The molecule has 188 valence electrons. The van der Waals surface area contributed by atoms with Crippen LogP contribution in [0.15, 0.2) is 9.42 Å². The summed E-state index contributed by atoms with van der Waals surface area (Å²) >= 11 is 1.66. The molecule has 4 bridgehead atoms. The molecule has 7 heteroatoms. The van der Waals surface area contributed by atoms with Crippen molar-refractivity contribution in [3.8, 4) is 5.88 Å². The molecule has 0 unspecified atom stereocenters. The molecule has 6 rings (SSSR count). The van der Waals surface area contributed by atoms with Crippen LogP contribution in [0.4, 0.5) is 0 Å². The van der Waals surface area contributed by atoms with Gasteiger partial charge in [-0.1, -0.05) is 19.8 Å². The van der Waals surface area contributed by atoms with E-state index in [4.69, 9.17) is 9.26 Å². The fourth-order valence-corrected chi connectivity index (χ4v) is 7.98. The van der Waals surface area contributed by atoms with Crippen molar-refractivity contribution in [1.82, 2.24) is 10.5 Å². The van der Waals surface area contributed by atoms with Gasteiger partial charge in [0.25, 0.3) is 11.8 Å². The van der Waals surface area contributed by atoms with Gasteiger partial charge in [-0.15, -0.1) is 11.8 Å². The first-order valence-corrected chi connectivity index (χ1v) is 14.3. The summed E-state index contributed by atoms with van der Waals surface area (Å²) in [7, 11) is 0. The largest absolute Gasteiger partial charge is 0.474 e. The van der Waals surface area contributed by atoms with Crippen LogP contribution in [0, 0.1) is 29.1 Å². The van der Waals surface area contributed by atoms with Crippen LogP contribution in [0.1, 0.15) is 102 Å². The van der Waals surface area contributed by atoms with Crippen molar-refractivity contribution >= 4 is 23.5 Å². The van der Waals surface area contributed by atoms with Gasteiger partial charge in [0.1, 0.15) is 17.3 Å². The summed E-state index contributed by atoms with van der Waals surface area (Å²) < 4.78 is 11.7. The molecule has 1 amide bonds. The molecule has 34 heavy (non-hydrogen) atoms. The van der Waals surface area contributed by atoms with Crippen molar-refractivity contribution in [3.05, 3.63) is 5.76 Å². The molecule has 1 heterocycles. The van der Waals surface area contributed by atoms with Crippen LogP contribution < -0.4 is 10.1 Å². The van der Waals surface area contributed by atoms with Gasteiger partial charge in [-0.05, 0) is 94.0 Å². The molecule has 5 aliphatic rings. The Morgan fingerprint density at radius 3 is 2.38 bits per heavy atom. The number of thioether (sulfide) groups is 1. The van der Waals surface area contributed by atoms with Crippen molar-refractivity contribution < 1.29 is 18.8 Å². The second-order valence-electron chi connectivity index (χ2n) is 11.9. The minimum Gasteiger partial charge on any atom is -0.474 e. The number of hydrogen-bond donors (Lipinski definition) is 1. The van der Waals surface area contributed by atoms with Gasteiger partial charge >= 0.3 is 0 Å². The van der Waals surface area contributed by atoms with Crippen molar-refractivity contribution in [1.29, 1.82) is 0 Å². The van der Waals surface area contributed by atoms with Crippen LogP contribution in [0.5, 0.6) is 5.88 Å². The minimum absolute atomic E-state index is 0.153. The number of amides is 1. The fraction of sp³-hybridized carbons (Fsp3) is 0.815. The van der Waals surface area contributed by atoms with E-state index in [-0.39, 0.29) is 30.1 Å². The number of unbranched alkanes of at least 4 members (excludes halogenated alkanes) is 1. The number of nitrogens with one attached hydrogen (secondary N) is 1. The molecule has 0 radical (unpaired) electrons. The van der Waals surface area contributed by atoms with Crippen molar-refractivity contribution in [2.45, 2.75) is 108 Å². The van der Waals surface area contributed by atoms with Crippen LogP contribution in [-0.2, 0) is 4.79 Å². The van der Waals surface area contributed by atoms with Crippen LogP contribution in [0.3, 0.4) is 0 Å². The number of hydrogen-bond acceptors (Lipinski definition) is 6. The summed E-state index contributed by atoms with van der Waals surface area (Å²) in [6.45, 7) is 6.16. The maximum atomic E-state index is 13.4. The lowest BCUT2D eigenvalue weighted by Gasteiger charge is -2.54. The van der Waals surface area contributed by atoms with Gasteiger partial charge in [0.15, 0.2) is 0 Å². The molecule has 5 saturated carbocycles. The molecule has 0 aromatic carbocycles. The SMILES string of the molecule is CCCCC(=O)C(C)(C)COc1noc(C(=O)NC2C3CC4CC(C3)CC2C4)c1SC1CCC1. The molecule has 5 aliphatic carbocycles. The summed E-state index contributed by atoms with van der Waals surface area (Å²) in [5.74, 6) is 3.65. The third-order valence-corrected chi connectivity index (χ3v) is 10.2. The highest BCUT2D eigenvalue weighted by Crippen LogP contribution is 2.54. The second-order valence-corrected chi connectivity index (χ2v) is 13.3. The van der Waals surface area contributed by atoms with E-state index >= 15 is 0 Å². The highest BCUT2D eigenvalue weighted by molar-refractivity contribution is 8.00. The Kier molecular flexibility index (Phi) is 7.02. The van der Waals surface area contributed by atoms with Gasteiger partial charge in [0, 0.05) is 17.7 Å². The average Bonchev–Trinajstić information content (AvgIpc) is 3.17. The van der Waals surface area contributed by atoms with E-state index in [1.165, 1.54) is 38.5 Å². The number of Topliss-reactive ketones (excluding diaryl/α,β-unsaturated/α-hetero) is 1. The molecule has 6 nitrogen and oxygen atoms in total. The molecule has 1 aromatic heterocycles. The lowest BCUT2D eigenvalue weighted by molar-refractivity contribution is -0.128. The van der Waals surface area contributed by atoms with Crippen LogP contribution in [0.2, 0.25) is 0 Å². The number of carbonyl (C=O) groups is 2. The highest BCUT2D eigenvalue weighted by atomic mass is 32.2. The molecular formula is C27H40N2O4S. The van der Waals surface area contributed by atoms with Crippen LogP contribution in [-0.4, -0.2) is 34.7 Å². The molecule has 1 aromatic rings. The first-order chi connectivity index (χ1) is 16.3. The molecule has 1 N–H and O–H groups in total. The zero-order valence-corrected chi connectivity index (χ0v) is 21.8. The standard InChI is InChI=1S/C27H40N2O4S/c1-4-5-9-21(30)27(2,3)15-32-26-24(34-20-7-6-8-20)23(33-29-26)25(31)28-22-18-11-16-10-17(13-18)14-19(22)12-16/h16-20,22H,4-15H2,1-3H3,(H,28,31). The van der Waals surface area contributed by atoms with Crippen molar-refractivity contribution in [2.75, 3.05) is 6.61 Å². The third kappa shape index (κ3) is 4.91. The van der Waals surface area contributed by atoms with Crippen LogP contribution >= 0.6 is 11.8 Å². The van der Waals surface area contributed by atoms with Crippen molar-refractivity contribution in [3.63, 3.8) is 0 Å². The molecule has 0 aliphatic heterocycles. The molecule has 5 fully saturated rings. The number of ketones is 1. The van der Waals surface area contributed by atoms with E-state index < -0.39 is 5.41 Å². The molecular weight excluding hydrogens is 448 g/mol. The Morgan fingerprint density at radius 1 is 1.12 bits per heavy atom. The van der Waals surface area contributed by atoms with E-state index in [0.717, 1.165) is 37.5 Å².